The molecule has 0 saturated heterocycles. The highest BCUT2D eigenvalue weighted by Gasteiger charge is 2.13. The number of rotatable bonds is 3. The number of aromatic nitrogens is 2. The van der Waals surface area contributed by atoms with Crippen molar-refractivity contribution in [1.29, 1.82) is 5.26 Å². The molecule has 0 unspecified atom stereocenters. The first kappa shape index (κ1) is 12.9. The highest BCUT2D eigenvalue weighted by Crippen LogP contribution is 2.26. The van der Waals surface area contributed by atoms with Crippen LogP contribution in [0.15, 0.2) is 52.9 Å². The van der Waals surface area contributed by atoms with E-state index in [1.807, 2.05) is 30.3 Å². The van der Waals surface area contributed by atoms with Gasteiger partial charge in [0.25, 0.3) is 0 Å². The zero-order valence-electron chi connectivity index (χ0n) is 11.3. The van der Waals surface area contributed by atoms with Crippen LogP contribution in [0, 0.1) is 11.3 Å². The summed E-state index contributed by atoms with van der Waals surface area (Å²) in [5, 5.41) is 17.1. The van der Waals surface area contributed by atoms with Crippen molar-refractivity contribution in [3.8, 4) is 34.7 Å². The Morgan fingerprint density at radius 2 is 1.71 bits per heavy atom. The van der Waals surface area contributed by atoms with Gasteiger partial charge in [-0.1, -0.05) is 12.1 Å². The average molecular weight is 277 g/mol. The van der Waals surface area contributed by atoms with Crippen LogP contribution in [0.4, 0.5) is 0 Å². The van der Waals surface area contributed by atoms with E-state index in [0.717, 1.165) is 11.3 Å². The van der Waals surface area contributed by atoms with Crippen LogP contribution < -0.4 is 4.74 Å². The molecule has 0 bridgehead atoms. The summed E-state index contributed by atoms with van der Waals surface area (Å²) < 4.78 is 10.8. The van der Waals surface area contributed by atoms with Crippen molar-refractivity contribution in [2.24, 2.45) is 0 Å². The van der Waals surface area contributed by atoms with Crippen molar-refractivity contribution in [2.45, 2.75) is 0 Å². The van der Waals surface area contributed by atoms with Crippen LogP contribution in [0.3, 0.4) is 0 Å². The zero-order chi connectivity index (χ0) is 14.7. The van der Waals surface area contributed by atoms with Gasteiger partial charge >= 0.3 is 0 Å². The monoisotopic (exact) mass is 277 g/mol. The lowest BCUT2D eigenvalue weighted by Gasteiger charge is -1.99. The largest absolute Gasteiger partial charge is 0.497 e. The van der Waals surface area contributed by atoms with E-state index in [0.29, 0.717) is 22.9 Å². The summed E-state index contributed by atoms with van der Waals surface area (Å²) in [6.07, 6.45) is 0. The number of ether oxygens (including phenoxy) is 1. The first-order valence-electron chi connectivity index (χ1n) is 6.29. The summed E-state index contributed by atoms with van der Waals surface area (Å²) in [4.78, 5) is 0. The van der Waals surface area contributed by atoms with Crippen LogP contribution in [0.2, 0.25) is 0 Å². The fourth-order valence-electron chi connectivity index (χ4n) is 1.95. The van der Waals surface area contributed by atoms with Gasteiger partial charge in [-0.15, -0.1) is 10.2 Å². The lowest BCUT2D eigenvalue weighted by molar-refractivity contribution is 0.415. The molecular formula is C16H11N3O2. The van der Waals surface area contributed by atoms with Crippen LogP contribution in [0.5, 0.6) is 5.75 Å². The van der Waals surface area contributed by atoms with E-state index in [1.54, 1.807) is 25.3 Å². The Bertz CT molecular complexity index is 801. The van der Waals surface area contributed by atoms with E-state index < -0.39 is 0 Å². The molecule has 5 nitrogen and oxygen atoms in total. The predicted molar refractivity (Wildman–Crippen MR) is 76.4 cm³/mol. The predicted octanol–water partition coefficient (Wildman–Crippen LogP) is 3.28. The second-order valence-corrected chi connectivity index (χ2v) is 4.30. The Morgan fingerprint density at radius 3 is 2.43 bits per heavy atom. The number of methoxy groups -OCH3 is 1. The first-order chi connectivity index (χ1) is 10.3. The Labute approximate surface area is 121 Å². The number of nitrogens with zero attached hydrogens (tertiary/aromatic N) is 3. The molecule has 102 valence electrons. The maximum absolute atomic E-state index is 9.11. The second kappa shape index (κ2) is 5.47. The van der Waals surface area contributed by atoms with Crippen molar-refractivity contribution in [3.05, 3.63) is 54.1 Å². The number of hydrogen-bond donors (Lipinski definition) is 0. The Hall–Kier alpha value is -3.13. The van der Waals surface area contributed by atoms with Crippen molar-refractivity contribution in [2.75, 3.05) is 7.11 Å². The van der Waals surface area contributed by atoms with Crippen molar-refractivity contribution in [3.63, 3.8) is 0 Å². The van der Waals surface area contributed by atoms with E-state index in [9.17, 15) is 0 Å². The van der Waals surface area contributed by atoms with Crippen molar-refractivity contribution in [1.82, 2.24) is 10.2 Å². The maximum atomic E-state index is 9.11. The number of hydrogen-bond acceptors (Lipinski definition) is 5. The first-order valence-corrected chi connectivity index (χ1v) is 6.29. The Balaban J connectivity index is 1.98. The number of nitriles is 1. The van der Waals surface area contributed by atoms with Gasteiger partial charge in [-0.2, -0.15) is 5.26 Å². The molecule has 0 aliphatic heterocycles. The molecule has 0 N–H and O–H groups in total. The molecule has 3 rings (SSSR count). The van der Waals surface area contributed by atoms with Crippen LogP contribution in [-0.2, 0) is 0 Å². The Kier molecular flexibility index (Phi) is 3.36. The van der Waals surface area contributed by atoms with Crippen LogP contribution >= 0.6 is 0 Å². The summed E-state index contributed by atoms with van der Waals surface area (Å²) in [7, 11) is 1.61. The van der Waals surface area contributed by atoms with Gasteiger partial charge < -0.3 is 9.15 Å². The highest BCUT2D eigenvalue weighted by molar-refractivity contribution is 5.64. The molecule has 0 amide bonds. The summed E-state index contributed by atoms with van der Waals surface area (Å²) >= 11 is 0. The molecule has 0 aliphatic carbocycles. The quantitative estimate of drug-likeness (QED) is 0.734. The molecule has 0 atom stereocenters. The third-order valence-corrected chi connectivity index (χ3v) is 3.04. The molecule has 2 aromatic carbocycles. The van der Waals surface area contributed by atoms with Gasteiger partial charge in [-0.05, 0) is 36.4 Å². The minimum atomic E-state index is 0.331. The fourth-order valence-corrected chi connectivity index (χ4v) is 1.95. The molecule has 1 heterocycles. The molecule has 5 heteroatoms. The number of benzene rings is 2. The SMILES string of the molecule is COc1ccc(-c2nnc(-c3ccccc3C#N)o2)cc1. The normalized spacial score (nSPS) is 10.1. The lowest BCUT2D eigenvalue weighted by Crippen LogP contribution is -1.83. The standard InChI is InChI=1S/C16H11N3O2/c1-20-13-8-6-11(7-9-13)15-18-19-16(21-15)14-5-3-2-4-12(14)10-17/h2-9H,1H3. The highest BCUT2D eigenvalue weighted by atomic mass is 16.5. The van der Waals surface area contributed by atoms with E-state index >= 15 is 0 Å². The van der Waals surface area contributed by atoms with Crippen molar-refractivity contribution >= 4 is 0 Å². The van der Waals surface area contributed by atoms with Gasteiger partial charge in [0.2, 0.25) is 11.8 Å². The fraction of sp³-hybridized carbons (Fsp3) is 0.0625. The summed E-state index contributed by atoms with van der Waals surface area (Å²) in [6.45, 7) is 0. The van der Waals surface area contributed by atoms with E-state index in [4.69, 9.17) is 14.4 Å². The lowest BCUT2D eigenvalue weighted by atomic mass is 10.1. The minimum Gasteiger partial charge on any atom is -0.497 e. The average Bonchev–Trinajstić information content (AvgIpc) is 3.04. The molecule has 0 radical (unpaired) electrons. The minimum absolute atomic E-state index is 0.331. The topological polar surface area (TPSA) is 71.9 Å². The van der Waals surface area contributed by atoms with Gasteiger partial charge in [0.1, 0.15) is 5.75 Å². The molecule has 0 saturated carbocycles. The molecule has 0 aliphatic rings. The molecule has 0 fully saturated rings. The summed E-state index contributed by atoms with van der Waals surface area (Å²) in [6, 6.07) is 16.6. The third kappa shape index (κ3) is 2.47. The van der Waals surface area contributed by atoms with Crippen molar-refractivity contribution < 1.29 is 9.15 Å². The van der Waals surface area contributed by atoms with Gasteiger partial charge in [-0.25, -0.2) is 0 Å². The smallest absolute Gasteiger partial charge is 0.249 e. The van der Waals surface area contributed by atoms with E-state index in [1.165, 1.54) is 0 Å². The van der Waals surface area contributed by atoms with Gasteiger partial charge in [0.15, 0.2) is 0 Å². The van der Waals surface area contributed by atoms with Crippen LogP contribution in [0.1, 0.15) is 5.56 Å². The molecule has 0 spiro atoms. The molecule has 1 aromatic heterocycles. The summed E-state index contributed by atoms with van der Waals surface area (Å²) in [5.41, 5.74) is 1.93. The van der Waals surface area contributed by atoms with Gasteiger partial charge in [0, 0.05) is 5.56 Å². The maximum Gasteiger partial charge on any atom is 0.249 e. The Morgan fingerprint density at radius 1 is 1.00 bits per heavy atom. The summed E-state index contributed by atoms with van der Waals surface area (Å²) in [5.74, 6) is 1.49. The van der Waals surface area contributed by atoms with Gasteiger partial charge in [0.05, 0.1) is 24.3 Å². The van der Waals surface area contributed by atoms with Crippen LogP contribution in [-0.4, -0.2) is 17.3 Å². The van der Waals surface area contributed by atoms with E-state index in [2.05, 4.69) is 16.3 Å². The second-order valence-electron chi connectivity index (χ2n) is 4.30. The molecule has 3 aromatic rings. The van der Waals surface area contributed by atoms with Gasteiger partial charge in [-0.3, -0.25) is 0 Å². The van der Waals surface area contributed by atoms with Crippen LogP contribution in [0.25, 0.3) is 22.9 Å². The molecular weight excluding hydrogens is 266 g/mol. The van der Waals surface area contributed by atoms with E-state index in [-0.39, 0.29) is 0 Å². The third-order valence-electron chi connectivity index (χ3n) is 3.04. The zero-order valence-corrected chi connectivity index (χ0v) is 11.3. The molecule has 21 heavy (non-hydrogen) atoms.